The Morgan fingerprint density at radius 2 is 1.53 bits per heavy atom. The van der Waals surface area contributed by atoms with E-state index in [-0.39, 0.29) is 11.7 Å². The van der Waals surface area contributed by atoms with Gasteiger partial charge in [0.1, 0.15) is 0 Å². The maximum absolute atomic E-state index is 10.9. The summed E-state index contributed by atoms with van der Waals surface area (Å²) >= 11 is 0. The van der Waals surface area contributed by atoms with Crippen molar-refractivity contribution in [3.63, 3.8) is 0 Å². The van der Waals surface area contributed by atoms with Crippen LogP contribution in [-0.4, -0.2) is 23.9 Å². The van der Waals surface area contributed by atoms with Crippen molar-refractivity contribution in [2.24, 2.45) is 17.3 Å². The summed E-state index contributed by atoms with van der Waals surface area (Å²) in [7, 11) is 1.80. The Labute approximate surface area is 118 Å². The molecule has 1 unspecified atom stereocenters. The van der Waals surface area contributed by atoms with E-state index < -0.39 is 0 Å². The fourth-order valence-electron chi connectivity index (χ4n) is 4.00. The molecule has 0 heterocycles. The van der Waals surface area contributed by atoms with Gasteiger partial charge in [0.15, 0.2) is 0 Å². The molecular weight excluding hydrogens is 236 g/mol. The second kappa shape index (κ2) is 5.73. The highest BCUT2D eigenvalue weighted by molar-refractivity contribution is 4.98. The molecule has 2 heteroatoms. The average molecular weight is 268 g/mol. The number of rotatable bonds is 3. The first-order valence-corrected chi connectivity index (χ1v) is 8.12. The van der Waals surface area contributed by atoms with Gasteiger partial charge >= 0.3 is 0 Å². The van der Waals surface area contributed by atoms with Crippen LogP contribution in [0, 0.1) is 17.3 Å². The van der Waals surface area contributed by atoms with Gasteiger partial charge in [-0.05, 0) is 55.8 Å². The second-order valence-corrected chi connectivity index (χ2v) is 7.90. The van der Waals surface area contributed by atoms with Crippen LogP contribution in [-0.2, 0) is 4.74 Å². The standard InChI is InChI=1S/C17H32O2/c1-13-5-7-14(8-6-13)15(18)17(19-4)11-9-16(2,3)10-12-17/h13-15,18H,5-12H2,1-4H3. The van der Waals surface area contributed by atoms with Crippen molar-refractivity contribution in [1.29, 1.82) is 0 Å². The Bertz CT molecular complexity index is 280. The Morgan fingerprint density at radius 3 is 2.00 bits per heavy atom. The zero-order valence-electron chi connectivity index (χ0n) is 13.2. The van der Waals surface area contributed by atoms with Crippen LogP contribution in [0.25, 0.3) is 0 Å². The lowest BCUT2D eigenvalue weighted by atomic mass is 9.65. The number of hydrogen-bond donors (Lipinski definition) is 1. The van der Waals surface area contributed by atoms with Crippen molar-refractivity contribution in [1.82, 2.24) is 0 Å². The molecule has 0 bridgehead atoms. The second-order valence-electron chi connectivity index (χ2n) is 7.90. The molecule has 2 fully saturated rings. The lowest BCUT2D eigenvalue weighted by Gasteiger charge is -2.48. The lowest BCUT2D eigenvalue weighted by molar-refractivity contribution is -0.158. The minimum absolute atomic E-state index is 0.263. The molecule has 2 rings (SSSR count). The zero-order valence-corrected chi connectivity index (χ0v) is 13.2. The van der Waals surface area contributed by atoms with Gasteiger partial charge < -0.3 is 9.84 Å². The Kier molecular flexibility index (Phi) is 4.62. The van der Waals surface area contributed by atoms with E-state index in [4.69, 9.17) is 4.74 Å². The fourth-order valence-corrected chi connectivity index (χ4v) is 4.00. The summed E-state index contributed by atoms with van der Waals surface area (Å²) < 4.78 is 5.86. The van der Waals surface area contributed by atoms with Gasteiger partial charge in [0, 0.05) is 7.11 Å². The molecule has 0 aliphatic heterocycles. The Hall–Kier alpha value is -0.0800. The normalized spacial score (nSPS) is 35.8. The quantitative estimate of drug-likeness (QED) is 0.833. The minimum atomic E-state index is -0.263. The van der Waals surface area contributed by atoms with Crippen LogP contribution in [0.15, 0.2) is 0 Å². The summed E-state index contributed by atoms with van der Waals surface area (Å²) in [5.74, 6) is 1.30. The van der Waals surface area contributed by atoms with Crippen molar-refractivity contribution in [2.45, 2.75) is 83.8 Å². The Morgan fingerprint density at radius 1 is 1.00 bits per heavy atom. The number of methoxy groups -OCH3 is 1. The molecule has 0 saturated heterocycles. The first kappa shape index (κ1) is 15.3. The summed E-state index contributed by atoms with van der Waals surface area (Å²) in [5.41, 5.74) is 0.156. The highest BCUT2D eigenvalue weighted by Gasteiger charge is 2.46. The molecule has 0 aromatic rings. The summed E-state index contributed by atoms with van der Waals surface area (Å²) in [6, 6.07) is 0. The lowest BCUT2D eigenvalue weighted by Crippen LogP contribution is -2.52. The maximum Gasteiger partial charge on any atom is 0.0939 e. The van der Waals surface area contributed by atoms with Crippen LogP contribution in [0.5, 0.6) is 0 Å². The van der Waals surface area contributed by atoms with E-state index in [2.05, 4.69) is 20.8 Å². The summed E-state index contributed by atoms with van der Waals surface area (Å²) in [6.07, 6.45) is 9.00. The molecule has 1 N–H and O–H groups in total. The van der Waals surface area contributed by atoms with Gasteiger partial charge in [0.25, 0.3) is 0 Å². The predicted octanol–water partition coefficient (Wildman–Crippen LogP) is 4.16. The van der Waals surface area contributed by atoms with Crippen LogP contribution in [0.4, 0.5) is 0 Å². The molecule has 2 aliphatic rings. The SMILES string of the molecule is COC1(C(O)C2CCC(C)CC2)CCC(C)(C)CC1. The van der Waals surface area contributed by atoms with Crippen molar-refractivity contribution >= 4 is 0 Å². The van der Waals surface area contributed by atoms with Crippen molar-refractivity contribution in [2.75, 3.05) is 7.11 Å². The van der Waals surface area contributed by atoms with Crippen LogP contribution in [0.1, 0.15) is 72.1 Å². The number of hydrogen-bond acceptors (Lipinski definition) is 2. The first-order valence-electron chi connectivity index (χ1n) is 8.12. The zero-order chi connectivity index (χ0) is 14.1. The molecule has 0 spiro atoms. The molecule has 0 amide bonds. The van der Waals surface area contributed by atoms with Crippen LogP contribution < -0.4 is 0 Å². The molecule has 0 aromatic carbocycles. The van der Waals surface area contributed by atoms with E-state index in [1.54, 1.807) is 7.11 Å². The largest absolute Gasteiger partial charge is 0.390 e. The highest BCUT2D eigenvalue weighted by Crippen LogP contribution is 2.46. The molecule has 2 saturated carbocycles. The van der Waals surface area contributed by atoms with Gasteiger partial charge in [0.2, 0.25) is 0 Å². The molecule has 112 valence electrons. The number of aliphatic hydroxyl groups is 1. The van der Waals surface area contributed by atoms with Gasteiger partial charge in [-0.25, -0.2) is 0 Å². The number of ether oxygens (including phenoxy) is 1. The third-order valence-corrected chi connectivity index (χ3v) is 5.90. The monoisotopic (exact) mass is 268 g/mol. The van der Waals surface area contributed by atoms with E-state index in [0.29, 0.717) is 11.3 Å². The molecule has 0 radical (unpaired) electrons. The molecular formula is C17H32O2. The summed E-state index contributed by atoms with van der Waals surface area (Å²) in [4.78, 5) is 0. The topological polar surface area (TPSA) is 29.5 Å². The van der Waals surface area contributed by atoms with E-state index in [1.165, 1.54) is 38.5 Å². The van der Waals surface area contributed by atoms with Gasteiger partial charge in [-0.1, -0.05) is 33.6 Å². The average Bonchev–Trinajstić information content (AvgIpc) is 2.40. The van der Waals surface area contributed by atoms with Crippen molar-refractivity contribution in [3.05, 3.63) is 0 Å². The van der Waals surface area contributed by atoms with E-state index in [9.17, 15) is 5.11 Å². The van der Waals surface area contributed by atoms with Crippen LogP contribution in [0.3, 0.4) is 0 Å². The fraction of sp³-hybridized carbons (Fsp3) is 1.00. The highest BCUT2D eigenvalue weighted by atomic mass is 16.5. The van der Waals surface area contributed by atoms with Gasteiger partial charge in [0.05, 0.1) is 11.7 Å². The van der Waals surface area contributed by atoms with E-state index in [0.717, 1.165) is 18.8 Å². The van der Waals surface area contributed by atoms with Gasteiger partial charge in [-0.15, -0.1) is 0 Å². The smallest absolute Gasteiger partial charge is 0.0939 e. The summed E-state index contributed by atoms with van der Waals surface area (Å²) in [5, 5.41) is 10.9. The van der Waals surface area contributed by atoms with Crippen molar-refractivity contribution < 1.29 is 9.84 Å². The van der Waals surface area contributed by atoms with Gasteiger partial charge in [-0.3, -0.25) is 0 Å². The first-order chi connectivity index (χ1) is 8.88. The summed E-state index contributed by atoms with van der Waals surface area (Å²) in [6.45, 7) is 7.00. The molecule has 2 aliphatic carbocycles. The van der Waals surface area contributed by atoms with Crippen molar-refractivity contribution in [3.8, 4) is 0 Å². The molecule has 19 heavy (non-hydrogen) atoms. The van der Waals surface area contributed by atoms with E-state index >= 15 is 0 Å². The number of aliphatic hydroxyl groups excluding tert-OH is 1. The van der Waals surface area contributed by atoms with Crippen LogP contribution >= 0.6 is 0 Å². The molecule has 0 aromatic heterocycles. The van der Waals surface area contributed by atoms with E-state index in [1.807, 2.05) is 0 Å². The Balaban J connectivity index is 2.01. The third-order valence-electron chi connectivity index (χ3n) is 5.90. The molecule has 2 nitrogen and oxygen atoms in total. The van der Waals surface area contributed by atoms with Crippen LogP contribution in [0.2, 0.25) is 0 Å². The third kappa shape index (κ3) is 3.33. The molecule has 1 atom stereocenters. The maximum atomic E-state index is 10.9. The van der Waals surface area contributed by atoms with Gasteiger partial charge in [-0.2, -0.15) is 0 Å². The minimum Gasteiger partial charge on any atom is -0.390 e. The predicted molar refractivity (Wildman–Crippen MR) is 79.1 cm³/mol.